The van der Waals surface area contributed by atoms with Gasteiger partial charge in [-0.1, -0.05) is 23.7 Å². The van der Waals surface area contributed by atoms with Crippen molar-refractivity contribution in [1.82, 2.24) is 4.98 Å². The Kier molecular flexibility index (Phi) is 5.62. The van der Waals surface area contributed by atoms with Gasteiger partial charge in [0.1, 0.15) is 17.4 Å². The lowest BCUT2D eigenvalue weighted by Crippen LogP contribution is -2.11. The number of aryl methyl sites for hydroxylation is 1. The van der Waals surface area contributed by atoms with Crippen LogP contribution < -0.4 is 10.5 Å². The zero-order chi connectivity index (χ0) is 20.5. The van der Waals surface area contributed by atoms with Gasteiger partial charge in [-0.05, 0) is 37.3 Å². The van der Waals surface area contributed by atoms with E-state index in [1.807, 2.05) is 0 Å². The summed E-state index contributed by atoms with van der Waals surface area (Å²) in [4.78, 5) is 16.4. The first kappa shape index (κ1) is 20.2. The van der Waals surface area contributed by atoms with Crippen LogP contribution in [0.1, 0.15) is 26.5 Å². The van der Waals surface area contributed by atoms with E-state index in [1.54, 1.807) is 13.0 Å². The third kappa shape index (κ3) is 4.45. The minimum atomic E-state index is -4.37. The molecule has 0 bridgehead atoms. The van der Waals surface area contributed by atoms with Gasteiger partial charge < -0.3 is 10.5 Å². The molecule has 0 aliphatic rings. The molecule has 0 aliphatic carbocycles. The van der Waals surface area contributed by atoms with Crippen LogP contribution in [0.5, 0.6) is 5.75 Å². The summed E-state index contributed by atoms with van der Waals surface area (Å²) in [5.74, 6) is -0.171. The van der Waals surface area contributed by atoms with Gasteiger partial charge in [-0.2, -0.15) is 13.2 Å². The van der Waals surface area contributed by atoms with Crippen LogP contribution in [-0.4, -0.2) is 10.9 Å². The maximum Gasteiger partial charge on any atom is 0.416 e. The van der Waals surface area contributed by atoms with Crippen molar-refractivity contribution >= 4 is 28.8 Å². The van der Waals surface area contributed by atoms with Crippen LogP contribution in [0.2, 0.25) is 5.02 Å². The van der Waals surface area contributed by atoms with Crippen molar-refractivity contribution in [3.8, 4) is 16.3 Å². The molecular weight excluding hydrogens is 413 g/mol. The van der Waals surface area contributed by atoms with Gasteiger partial charge in [0, 0.05) is 5.56 Å². The zero-order valence-corrected chi connectivity index (χ0v) is 16.1. The van der Waals surface area contributed by atoms with Crippen molar-refractivity contribution in [2.45, 2.75) is 19.7 Å². The molecule has 1 heterocycles. The molecular formula is C19H14ClF3N2O2S. The van der Waals surface area contributed by atoms with E-state index in [1.165, 1.54) is 35.6 Å². The number of thiazole rings is 1. The maximum atomic E-state index is 12.7. The van der Waals surface area contributed by atoms with E-state index < -0.39 is 17.6 Å². The van der Waals surface area contributed by atoms with Gasteiger partial charge in [-0.25, -0.2) is 4.98 Å². The van der Waals surface area contributed by atoms with Crippen molar-refractivity contribution < 1.29 is 22.7 Å². The Morgan fingerprint density at radius 2 is 1.89 bits per heavy atom. The highest BCUT2D eigenvalue weighted by molar-refractivity contribution is 7.15. The third-order valence-corrected chi connectivity index (χ3v) is 5.42. The lowest BCUT2D eigenvalue weighted by Gasteiger charge is -2.07. The molecule has 146 valence electrons. The molecule has 0 saturated carbocycles. The Morgan fingerprint density at radius 1 is 1.21 bits per heavy atom. The van der Waals surface area contributed by atoms with Crippen LogP contribution in [0.4, 0.5) is 13.2 Å². The number of alkyl halides is 3. The van der Waals surface area contributed by atoms with Gasteiger partial charge in [0.15, 0.2) is 0 Å². The van der Waals surface area contributed by atoms with Crippen molar-refractivity contribution in [2.24, 2.45) is 5.73 Å². The summed E-state index contributed by atoms with van der Waals surface area (Å²) in [6, 6.07) is 9.41. The average Bonchev–Trinajstić information content (AvgIpc) is 3.00. The molecule has 0 atom stereocenters. The Hall–Kier alpha value is -2.58. The summed E-state index contributed by atoms with van der Waals surface area (Å²) in [6.07, 6.45) is -4.37. The molecule has 3 aromatic rings. The van der Waals surface area contributed by atoms with Gasteiger partial charge in [-0.15, -0.1) is 11.3 Å². The first-order valence-electron chi connectivity index (χ1n) is 8.01. The predicted molar refractivity (Wildman–Crippen MR) is 102 cm³/mol. The maximum absolute atomic E-state index is 12.7. The minimum Gasteiger partial charge on any atom is -0.488 e. The fourth-order valence-corrected chi connectivity index (χ4v) is 3.67. The molecule has 28 heavy (non-hydrogen) atoms. The monoisotopic (exact) mass is 426 g/mol. The lowest BCUT2D eigenvalue weighted by atomic mass is 10.1. The van der Waals surface area contributed by atoms with Gasteiger partial charge in [0.05, 0.1) is 26.7 Å². The van der Waals surface area contributed by atoms with Crippen molar-refractivity contribution in [3.63, 3.8) is 0 Å². The molecule has 0 unspecified atom stereocenters. The van der Waals surface area contributed by atoms with Gasteiger partial charge >= 0.3 is 6.18 Å². The van der Waals surface area contributed by atoms with Crippen LogP contribution in [0.15, 0.2) is 42.5 Å². The van der Waals surface area contributed by atoms with Crippen LogP contribution in [0.3, 0.4) is 0 Å². The number of halogens is 4. The first-order chi connectivity index (χ1) is 13.1. The number of hydrogen-bond acceptors (Lipinski definition) is 4. The molecule has 2 N–H and O–H groups in total. The summed E-state index contributed by atoms with van der Waals surface area (Å²) in [7, 11) is 0. The normalized spacial score (nSPS) is 11.5. The Morgan fingerprint density at radius 3 is 2.46 bits per heavy atom. The molecule has 9 heteroatoms. The number of benzene rings is 2. The number of aromatic nitrogens is 1. The molecule has 0 radical (unpaired) electrons. The van der Waals surface area contributed by atoms with Crippen LogP contribution >= 0.6 is 22.9 Å². The minimum absolute atomic E-state index is 0.191. The summed E-state index contributed by atoms with van der Waals surface area (Å²) in [5.41, 5.74) is 6.02. The van der Waals surface area contributed by atoms with E-state index in [9.17, 15) is 18.0 Å². The van der Waals surface area contributed by atoms with Crippen molar-refractivity contribution in [3.05, 3.63) is 69.2 Å². The second-order valence-electron chi connectivity index (χ2n) is 5.90. The van der Waals surface area contributed by atoms with E-state index in [4.69, 9.17) is 22.1 Å². The van der Waals surface area contributed by atoms with Crippen LogP contribution in [0.25, 0.3) is 10.6 Å². The SMILES string of the molecule is Cc1nc(-c2ccc(C(F)(F)F)cc2)sc1COc1ccc(C(N)=O)c(Cl)c1. The zero-order valence-electron chi connectivity index (χ0n) is 14.5. The van der Waals surface area contributed by atoms with E-state index in [-0.39, 0.29) is 17.2 Å². The number of carbonyl (C=O) groups is 1. The smallest absolute Gasteiger partial charge is 0.416 e. The van der Waals surface area contributed by atoms with Crippen molar-refractivity contribution in [2.75, 3.05) is 0 Å². The topological polar surface area (TPSA) is 65.2 Å². The predicted octanol–water partition coefficient (Wildman–Crippen LogP) is 5.47. The van der Waals surface area contributed by atoms with E-state index in [2.05, 4.69) is 4.98 Å². The van der Waals surface area contributed by atoms with Crippen LogP contribution in [-0.2, 0) is 12.8 Å². The number of primary amides is 1. The van der Waals surface area contributed by atoms with Crippen LogP contribution in [0, 0.1) is 6.92 Å². The molecule has 0 aliphatic heterocycles. The van der Waals surface area contributed by atoms with Gasteiger partial charge in [0.2, 0.25) is 5.91 Å². The summed E-state index contributed by atoms with van der Waals surface area (Å²) < 4.78 is 43.7. The second-order valence-corrected chi connectivity index (χ2v) is 7.39. The molecule has 0 fully saturated rings. The Bertz CT molecular complexity index is 1020. The number of amides is 1. The Balaban J connectivity index is 1.74. The van der Waals surface area contributed by atoms with E-state index in [0.29, 0.717) is 16.3 Å². The molecule has 0 spiro atoms. The Labute approximate surface area is 167 Å². The van der Waals surface area contributed by atoms with E-state index >= 15 is 0 Å². The number of carbonyl (C=O) groups excluding carboxylic acids is 1. The number of rotatable bonds is 5. The molecule has 1 amide bonds. The number of nitrogens with zero attached hydrogens (tertiary/aromatic N) is 1. The number of ether oxygens (including phenoxy) is 1. The second kappa shape index (κ2) is 7.81. The van der Waals surface area contributed by atoms with Gasteiger partial charge in [0.25, 0.3) is 0 Å². The fourth-order valence-electron chi connectivity index (χ4n) is 2.42. The molecule has 3 rings (SSSR count). The highest BCUT2D eigenvalue weighted by atomic mass is 35.5. The fraction of sp³-hybridized carbons (Fsp3) is 0.158. The highest BCUT2D eigenvalue weighted by Crippen LogP contribution is 2.33. The lowest BCUT2D eigenvalue weighted by molar-refractivity contribution is -0.137. The summed E-state index contributed by atoms with van der Waals surface area (Å²) in [6.45, 7) is 2.00. The summed E-state index contributed by atoms with van der Waals surface area (Å²) >= 11 is 7.33. The van der Waals surface area contributed by atoms with E-state index in [0.717, 1.165) is 22.7 Å². The largest absolute Gasteiger partial charge is 0.488 e. The highest BCUT2D eigenvalue weighted by Gasteiger charge is 2.30. The quantitative estimate of drug-likeness (QED) is 0.588. The molecule has 2 aromatic carbocycles. The molecule has 4 nitrogen and oxygen atoms in total. The average molecular weight is 427 g/mol. The summed E-state index contributed by atoms with van der Waals surface area (Å²) in [5, 5.41) is 0.795. The number of hydrogen-bond donors (Lipinski definition) is 1. The molecule has 0 saturated heterocycles. The van der Waals surface area contributed by atoms with Crippen molar-refractivity contribution in [1.29, 1.82) is 0 Å². The standard InChI is InChI=1S/C19H14ClF3N2O2S/c1-10-16(9-27-13-6-7-14(17(24)26)15(20)8-13)28-18(25-10)11-2-4-12(5-3-11)19(21,22)23/h2-8H,9H2,1H3,(H2,24,26). The van der Waals surface area contributed by atoms with Gasteiger partial charge in [-0.3, -0.25) is 4.79 Å². The first-order valence-corrected chi connectivity index (χ1v) is 9.20. The third-order valence-electron chi connectivity index (χ3n) is 3.93. The number of nitrogens with two attached hydrogens (primary N) is 1. The molecule has 1 aromatic heterocycles.